The molecule has 1 saturated carbocycles. The maximum atomic E-state index is 6.08. The number of ether oxygens (including phenoxy) is 1. The summed E-state index contributed by atoms with van der Waals surface area (Å²) in [5, 5.41) is 0. The first-order valence-corrected chi connectivity index (χ1v) is 7.94. The Labute approximate surface area is 131 Å². The zero-order valence-electron chi connectivity index (χ0n) is 13.0. The van der Waals surface area contributed by atoms with Crippen molar-refractivity contribution in [2.45, 2.75) is 20.3 Å². The minimum atomic E-state index is 0.558. The zero-order chi connectivity index (χ0) is 15.1. The average molecular weight is 288 g/mol. The molecule has 1 fully saturated rings. The minimum absolute atomic E-state index is 0.558. The summed E-state index contributed by atoms with van der Waals surface area (Å²) in [5.41, 5.74) is 5.38. The quantitative estimate of drug-likeness (QED) is 0.744. The van der Waals surface area contributed by atoms with Crippen LogP contribution < -0.4 is 4.74 Å². The van der Waals surface area contributed by atoms with Crippen LogP contribution in [0.5, 0.6) is 5.75 Å². The molecular weight excluding hydrogens is 268 g/mol. The lowest BCUT2D eigenvalue weighted by atomic mass is 9.95. The molecule has 22 heavy (non-hydrogen) atoms. The largest absolute Gasteiger partial charge is 0.461 e. The first-order valence-electron chi connectivity index (χ1n) is 7.94. The molecule has 2 atom stereocenters. The van der Waals surface area contributed by atoms with Crippen LogP contribution >= 0.6 is 0 Å². The molecule has 1 heteroatoms. The van der Waals surface area contributed by atoms with Crippen molar-refractivity contribution in [1.82, 2.24) is 0 Å². The first-order chi connectivity index (χ1) is 10.7. The van der Waals surface area contributed by atoms with Crippen LogP contribution in [0.1, 0.15) is 23.1 Å². The zero-order valence-corrected chi connectivity index (χ0v) is 13.0. The number of allylic oxidation sites excluding steroid dienone is 4. The predicted molar refractivity (Wildman–Crippen MR) is 90.6 cm³/mol. The van der Waals surface area contributed by atoms with E-state index in [0.717, 1.165) is 11.5 Å². The molecule has 2 aromatic rings. The van der Waals surface area contributed by atoms with Gasteiger partial charge in [0.1, 0.15) is 11.5 Å². The van der Waals surface area contributed by atoms with Gasteiger partial charge in [-0.3, -0.25) is 0 Å². The van der Waals surface area contributed by atoms with Gasteiger partial charge in [-0.05, 0) is 55.5 Å². The van der Waals surface area contributed by atoms with Crippen LogP contribution in [0, 0.1) is 25.7 Å². The summed E-state index contributed by atoms with van der Waals surface area (Å²) in [4.78, 5) is 0. The molecule has 0 aliphatic heterocycles. The summed E-state index contributed by atoms with van der Waals surface area (Å²) in [6.07, 6.45) is 5.60. The molecule has 2 aliphatic rings. The summed E-state index contributed by atoms with van der Waals surface area (Å²) < 4.78 is 6.08. The fraction of sp³-hybridized carbons (Fsp3) is 0.238. The van der Waals surface area contributed by atoms with Crippen molar-refractivity contribution < 1.29 is 4.74 Å². The molecule has 2 aromatic carbocycles. The second-order valence-electron chi connectivity index (χ2n) is 6.42. The van der Waals surface area contributed by atoms with Gasteiger partial charge in [0.25, 0.3) is 0 Å². The number of rotatable bonds is 3. The van der Waals surface area contributed by atoms with Crippen molar-refractivity contribution in [2.24, 2.45) is 11.8 Å². The van der Waals surface area contributed by atoms with E-state index in [-0.39, 0.29) is 0 Å². The molecular formula is C21H20O. The number of fused-ring (bicyclic) bond motifs is 1. The van der Waals surface area contributed by atoms with Crippen molar-refractivity contribution in [3.8, 4) is 5.75 Å². The van der Waals surface area contributed by atoms with Gasteiger partial charge in [-0.2, -0.15) is 0 Å². The van der Waals surface area contributed by atoms with Crippen LogP contribution in [0.2, 0.25) is 0 Å². The smallest absolute Gasteiger partial charge is 0.126 e. The van der Waals surface area contributed by atoms with Crippen LogP contribution in [-0.2, 0) is 0 Å². The molecule has 0 heterocycles. The van der Waals surface area contributed by atoms with E-state index in [1.165, 1.54) is 28.7 Å². The van der Waals surface area contributed by atoms with Crippen molar-refractivity contribution >= 4 is 5.57 Å². The molecule has 0 radical (unpaired) electrons. The molecule has 0 spiro atoms. The SMILES string of the molecule is Cc1ccc(OC2=CC=C(c3ccc(C)cc3)C3CC23)cc1. The maximum absolute atomic E-state index is 6.08. The number of aryl methyl sites for hydroxylation is 2. The highest BCUT2D eigenvalue weighted by Crippen LogP contribution is 2.54. The van der Waals surface area contributed by atoms with E-state index >= 15 is 0 Å². The monoisotopic (exact) mass is 288 g/mol. The van der Waals surface area contributed by atoms with Crippen molar-refractivity contribution in [1.29, 1.82) is 0 Å². The Morgan fingerprint density at radius 3 is 2.09 bits per heavy atom. The number of benzene rings is 2. The van der Waals surface area contributed by atoms with E-state index < -0.39 is 0 Å². The van der Waals surface area contributed by atoms with Crippen molar-refractivity contribution in [2.75, 3.05) is 0 Å². The fourth-order valence-corrected chi connectivity index (χ4v) is 3.18. The molecule has 0 saturated heterocycles. The Morgan fingerprint density at radius 2 is 1.41 bits per heavy atom. The average Bonchev–Trinajstić information content (AvgIpc) is 3.32. The van der Waals surface area contributed by atoms with E-state index in [0.29, 0.717) is 11.8 Å². The van der Waals surface area contributed by atoms with Crippen LogP contribution in [0.4, 0.5) is 0 Å². The van der Waals surface area contributed by atoms with Gasteiger partial charge in [0.2, 0.25) is 0 Å². The highest BCUT2D eigenvalue weighted by atomic mass is 16.5. The van der Waals surface area contributed by atoms with E-state index in [1.54, 1.807) is 0 Å². The second kappa shape index (κ2) is 5.17. The Hall–Kier alpha value is -2.28. The topological polar surface area (TPSA) is 9.23 Å². The highest BCUT2D eigenvalue weighted by molar-refractivity contribution is 5.73. The Balaban J connectivity index is 1.57. The molecule has 4 rings (SSSR count). The van der Waals surface area contributed by atoms with Gasteiger partial charge in [0.15, 0.2) is 0 Å². The Kier molecular flexibility index (Phi) is 3.15. The molecule has 110 valence electrons. The lowest BCUT2D eigenvalue weighted by molar-refractivity contribution is 0.390. The van der Waals surface area contributed by atoms with Gasteiger partial charge in [0, 0.05) is 5.92 Å². The van der Waals surface area contributed by atoms with Crippen LogP contribution in [-0.4, -0.2) is 0 Å². The van der Waals surface area contributed by atoms with E-state index in [1.807, 2.05) is 12.1 Å². The summed E-state index contributed by atoms with van der Waals surface area (Å²) in [5.74, 6) is 3.25. The van der Waals surface area contributed by atoms with Crippen LogP contribution in [0.3, 0.4) is 0 Å². The van der Waals surface area contributed by atoms with Crippen LogP contribution in [0.25, 0.3) is 5.57 Å². The maximum Gasteiger partial charge on any atom is 0.126 e. The molecule has 2 unspecified atom stereocenters. The molecule has 0 amide bonds. The lowest BCUT2D eigenvalue weighted by Crippen LogP contribution is -2.04. The van der Waals surface area contributed by atoms with Crippen molar-refractivity contribution in [3.63, 3.8) is 0 Å². The summed E-state index contributed by atoms with van der Waals surface area (Å²) in [7, 11) is 0. The van der Waals surface area contributed by atoms with Gasteiger partial charge >= 0.3 is 0 Å². The third kappa shape index (κ3) is 2.48. The molecule has 0 aromatic heterocycles. The Morgan fingerprint density at radius 1 is 0.773 bits per heavy atom. The fourth-order valence-electron chi connectivity index (χ4n) is 3.18. The lowest BCUT2D eigenvalue weighted by Gasteiger charge is -2.15. The molecule has 0 bridgehead atoms. The molecule has 0 N–H and O–H groups in total. The second-order valence-corrected chi connectivity index (χ2v) is 6.42. The number of hydrogen-bond acceptors (Lipinski definition) is 1. The third-order valence-corrected chi connectivity index (χ3v) is 4.62. The van der Waals surface area contributed by atoms with Gasteiger partial charge in [-0.1, -0.05) is 53.6 Å². The van der Waals surface area contributed by atoms with Gasteiger partial charge in [-0.25, -0.2) is 0 Å². The van der Waals surface area contributed by atoms with Crippen LogP contribution in [0.15, 0.2) is 66.4 Å². The predicted octanol–water partition coefficient (Wildman–Crippen LogP) is 5.30. The summed E-state index contributed by atoms with van der Waals surface area (Å²) in [6, 6.07) is 17.1. The van der Waals surface area contributed by atoms with Crippen molar-refractivity contribution in [3.05, 3.63) is 83.1 Å². The summed E-state index contributed by atoms with van der Waals surface area (Å²) >= 11 is 0. The normalized spacial score (nSPS) is 22.5. The van der Waals surface area contributed by atoms with E-state index in [4.69, 9.17) is 4.74 Å². The summed E-state index contributed by atoms with van der Waals surface area (Å²) in [6.45, 7) is 4.23. The molecule has 1 nitrogen and oxygen atoms in total. The minimum Gasteiger partial charge on any atom is -0.461 e. The Bertz CT molecular complexity index is 747. The first kappa shape index (κ1) is 13.4. The van der Waals surface area contributed by atoms with Gasteiger partial charge < -0.3 is 4.74 Å². The molecule has 2 aliphatic carbocycles. The number of hydrogen-bond donors (Lipinski definition) is 0. The third-order valence-electron chi connectivity index (χ3n) is 4.62. The van der Waals surface area contributed by atoms with E-state index in [9.17, 15) is 0 Å². The van der Waals surface area contributed by atoms with E-state index in [2.05, 4.69) is 62.4 Å². The van der Waals surface area contributed by atoms with Gasteiger partial charge in [0.05, 0.1) is 0 Å². The standard InChI is InChI=1S/C21H20O/c1-14-3-7-16(8-4-14)18-11-12-21(20-13-19(18)20)22-17-9-5-15(2)6-10-17/h3-12,19-20H,13H2,1-2H3. The highest BCUT2D eigenvalue weighted by Gasteiger charge is 2.45. The van der Waals surface area contributed by atoms with Gasteiger partial charge in [-0.15, -0.1) is 0 Å².